The molecule has 1 atom stereocenters. The van der Waals surface area contributed by atoms with Gasteiger partial charge in [-0.05, 0) is 40.1 Å². The third kappa shape index (κ3) is 4.46. The van der Waals surface area contributed by atoms with E-state index in [4.69, 9.17) is 5.84 Å². The summed E-state index contributed by atoms with van der Waals surface area (Å²) in [4.78, 5) is 17.6. The van der Waals surface area contributed by atoms with Crippen LogP contribution in [-0.2, 0) is 0 Å². The molecule has 0 radical (unpaired) electrons. The Bertz CT molecular complexity index is 438. The number of carbonyl (C=O) groups is 1. The Kier molecular flexibility index (Phi) is 5.65. The molecule has 0 bridgehead atoms. The van der Waals surface area contributed by atoms with E-state index in [9.17, 15) is 9.18 Å². The first-order chi connectivity index (χ1) is 8.95. The number of nitrogens with two attached hydrogens (primary N) is 1. The van der Waals surface area contributed by atoms with Crippen LogP contribution in [0.5, 0.6) is 0 Å². The van der Waals surface area contributed by atoms with Gasteiger partial charge in [0.1, 0.15) is 0 Å². The van der Waals surface area contributed by atoms with Crippen molar-refractivity contribution in [3.63, 3.8) is 0 Å². The molecule has 1 unspecified atom stereocenters. The molecule has 4 N–H and O–H groups in total. The fourth-order valence-electron chi connectivity index (χ4n) is 1.55. The summed E-state index contributed by atoms with van der Waals surface area (Å²) in [5.41, 5.74) is 2.04. The van der Waals surface area contributed by atoms with Gasteiger partial charge >= 0.3 is 0 Å². The van der Waals surface area contributed by atoms with Gasteiger partial charge in [0.15, 0.2) is 11.6 Å². The molecule has 7 heteroatoms. The van der Waals surface area contributed by atoms with Crippen LogP contribution in [0.4, 0.5) is 10.2 Å². The fourth-order valence-corrected chi connectivity index (χ4v) is 1.55. The van der Waals surface area contributed by atoms with Crippen molar-refractivity contribution in [2.24, 2.45) is 5.84 Å². The summed E-state index contributed by atoms with van der Waals surface area (Å²) in [6, 6.07) is 1.28. The van der Waals surface area contributed by atoms with Crippen molar-refractivity contribution in [2.45, 2.75) is 19.4 Å². The number of nitrogens with zero attached hydrogens (tertiary/aromatic N) is 2. The van der Waals surface area contributed by atoms with E-state index < -0.39 is 11.7 Å². The molecular weight excluding hydrogens is 249 g/mol. The summed E-state index contributed by atoms with van der Waals surface area (Å²) in [6.07, 6.45) is 2.12. The second kappa shape index (κ2) is 7.01. The Morgan fingerprint density at radius 3 is 2.84 bits per heavy atom. The average Bonchev–Trinajstić information content (AvgIpc) is 2.36. The zero-order chi connectivity index (χ0) is 14.4. The molecule has 0 fully saturated rings. The van der Waals surface area contributed by atoms with Crippen molar-refractivity contribution < 1.29 is 9.18 Å². The van der Waals surface area contributed by atoms with Crippen molar-refractivity contribution in [3.05, 3.63) is 23.6 Å². The molecule has 0 aromatic carbocycles. The van der Waals surface area contributed by atoms with Crippen LogP contribution in [0.25, 0.3) is 0 Å². The molecule has 106 valence electrons. The molecule has 0 aliphatic rings. The number of rotatable bonds is 6. The first-order valence-electron chi connectivity index (χ1n) is 6.02. The number of aromatic nitrogens is 1. The van der Waals surface area contributed by atoms with Crippen molar-refractivity contribution >= 4 is 11.7 Å². The van der Waals surface area contributed by atoms with Crippen LogP contribution in [0.15, 0.2) is 12.3 Å². The highest BCUT2D eigenvalue weighted by molar-refractivity contribution is 5.95. The van der Waals surface area contributed by atoms with Gasteiger partial charge in [-0.1, -0.05) is 0 Å². The van der Waals surface area contributed by atoms with E-state index in [-0.39, 0.29) is 17.4 Å². The number of pyridine rings is 1. The van der Waals surface area contributed by atoms with E-state index in [0.29, 0.717) is 0 Å². The lowest BCUT2D eigenvalue weighted by Crippen LogP contribution is -2.35. The Labute approximate surface area is 112 Å². The molecule has 1 amide bonds. The maximum atomic E-state index is 13.8. The Balaban J connectivity index is 2.68. The number of hydrogen-bond acceptors (Lipinski definition) is 5. The summed E-state index contributed by atoms with van der Waals surface area (Å²) in [5.74, 6) is 3.75. The lowest BCUT2D eigenvalue weighted by Gasteiger charge is -2.17. The maximum Gasteiger partial charge on any atom is 0.254 e. The minimum absolute atomic E-state index is 0.0447. The predicted molar refractivity (Wildman–Crippen MR) is 72.1 cm³/mol. The number of carbonyl (C=O) groups excluding carboxylic acids is 1. The van der Waals surface area contributed by atoms with Crippen molar-refractivity contribution in [1.29, 1.82) is 0 Å². The van der Waals surface area contributed by atoms with E-state index in [1.165, 1.54) is 12.3 Å². The highest BCUT2D eigenvalue weighted by Crippen LogP contribution is 2.14. The lowest BCUT2D eigenvalue weighted by atomic mass is 10.2. The summed E-state index contributed by atoms with van der Waals surface area (Å²) in [5, 5.41) is 2.74. The molecule has 0 spiro atoms. The zero-order valence-electron chi connectivity index (χ0n) is 11.4. The molecule has 1 aromatic heterocycles. The molecule has 1 rings (SSSR count). The third-order valence-electron chi connectivity index (χ3n) is 2.66. The van der Waals surface area contributed by atoms with Crippen LogP contribution >= 0.6 is 0 Å². The predicted octanol–water partition coefficient (Wildman–Crippen LogP) is 0.576. The van der Waals surface area contributed by atoms with Crippen LogP contribution in [0.2, 0.25) is 0 Å². The van der Waals surface area contributed by atoms with E-state index >= 15 is 0 Å². The van der Waals surface area contributed by atoms with Crippen molar-refractivity contribution in [3.8, 4) is 0 Å². The van der Waals surface area contributed by atoms with Crippen LogP contribution < -0.4 is 16.6 Å². The number of anilines is 1. The number of nitrogens with one attached hydrogen (secondary N) is 2. The van der Waals surface area contributed by atoms with E-state index in [1.54, 1.807) is 0 Å². The highest BCUT2D eigenvalue weighted by Gasteiger charge is 2.17. The van der Waals surface area contributed by atoms with E-state index in [0.717, 1.165) is 13.0 Å². The van der Waals surface area contributed by atoms with Gasteiger partial charge in [-0.2, -0.15) is 0 Å². The topological polar surface area (TPSA) is 83.3 Å². The van der Waals surface area contributed by atoms with E-state index in [2.05, 4.69) is 15.7 Å². The Hall–Kier alpha value is -1.73. The maximum absolute atomic E-state index is 13.8. The molecule has 0 saturated carbocycles. The van der Waals surface area contributed by atoms with Crippen molar-refractivity contribution in [2.75, 3.05) is 26.1 Å². The average molecular weight is 269 g/mol. The third-order valence-corrected chi connectivity index (χ3v) is 2.66. The molecule has 6 nitrogen and oxygen atoms in total. The molecule has 19 heavy (non-hydrogen) atoms. The van der Waals surface area contributed by atoms with Gasteiger partial charge in [-0.25, -0.2) is 15.2 Å². The second-order valence-corrected chi connectivity index (χ2v) is 4.63. The smallest absolute Gasteiger partial charge is 0.254 e. The lowest BCUT2D eigenvalue weighted by molar-refractivity contribution is 0.0932. The number of halogens is 1. The molecule has 0 aliphatic carbocycles. The molecule has 0 saturated heterocycles. The highest BCUT2D eigenvalue weighted by atomic mass is 19.1. The first kappa shape index (κ1) is 15.3. The summed E-state index contributed by atoms with van der Waals surface area (Å²) in [6.45, 7) is 2.72. The number of nitrogen functional groups attached to an aromatic ring is 1. The second-order valence-electron chi connectivity index (χ2n) is 4.63. The van der Waals surface area contributed by atoms with Crippen LogP contribution in [0.1, 0.15) is 23.7 Å². The Morgan fingerprint density at radius 2 is 2.26 bits per heavy atom. The summed E-state index contributed by atoms with van der Waals surface area (Å²) < 4.78 is 13.8. The largest absolute Gasteiger partial charge is 0.349 e. The molecular formula is C12H20FN5O. The minimum Gasteiger partial charge on any atom is -0.349 e. The summed E-state index contributed by atoms with van der Waals surface area (Å²) in [7, 11) is 3.91. The van der Waals surface area contributed by atoms with Gasteiger partial charge in [-0.15, -0.1) is 0 Å². The number of hydrazine groups is 1. The SMILES string of the molecule is CC(CCN(C)C)NC(=O)c1ccnc(NN)c1F. The minimum atomic E-state index is -0.748. The standard InChI is InChI=1S/C12H20FN5O/c1-8(5-7-18(2)3)16-12(19)9-4-6-15-11(17-14)10(9)13/h4,6,8H,5,7,14H2,1-3H3,(H,15,17)(H,16,19). The van der Waals surface area contributed by atoms with Gasteiger partial charge in [0.25, 0.3) is 5.91 Å². The Morgan fingerprint density at radius 1 is 1.58 bits per heavy atom. The normalized spacial score (nSPS) is 12.3. The van der Waals surface area contributed by atoms with Gasteiger partial charge in [0, 0.05) is 12.2 Å². The summed E-state index contributed by atoms with van der Waals surface area (Å²) >= 11 is 0. The quantitative estimate of drug-likeness (QED) is 0.519. The van der Waals surface area contributed by atoms with Crippen LogP contribution in [-0.4, -0.2) is 42.5 Å². The van der Waals surface area contributed by atoms with Crippen molar-refractivity contribution in [1.82, 2.24) is 15.2 Å². The zero-order valence-corrected chi connectivity index (χ0v) is 11.4. The monoisotopic (exact) mass is 269 g/mol. The first-order valence-corrected chi connectivity index (χ1v) is 6.02. The molecule has 1 heterocycles. The fraction of sp³-hybridized carbons (Fsp3) is 0.500. The van der Waals surface area contributed by atoms with Gasteiger partial charge in [0.2, 0.25) is 0 Å². The van der Waals surface area contributed by atoms with Gasteiger partial charge in [-0.3, -0.25) is 4.79 Å². The van der Waals surface area contributed by atoms with Crippen LogP contribution in [0, 0.1) is 5.82 Å². The molecule has 0 aliphatic heterocycles. The molecule has 1 aromatic rings. The van der Waals surface area contributed by atoms with Gasteiger partial charge < -0.3 is 15.6 Å². The van der Waals surface area contributed by atoms with E-state index in [1.807, 2.05) is 25.9 Å². The number of amides is 1. The van der Waals surface area contributed by atoms with Gasteiger partial charge in [0.05, 0.1) is 5.56 Å². The van der Waals surface area contributed by atoms with Crippen LogP contribution in [0.3, 0.4) is 0 Å². The number of hydrogen-bond donors (Lipinski definition) is 3.